The summed E-state index contributed by atoms with van der Waals surface area (Å²) in [6.45, 7) is 4.20. The van der Waals surface area contributed by atoms with Crippen molar-refractivity contribution in [2.45, 2.75) is 19.6 Å². The van der Waals surface area contributed by atoms with Gasteiger partial charge in [-0.05, 0) is 30.8 Å². The smallest absolute Gasteiger partial charge is 0.256 e. The molecule has 3 aromatic rings. The highest BCUT2D eigenvalue weighted by Gasteiger charge is 2.10. The van der Waals surface area contributed by atoms with Crippen molar-refractivity contribution in [3.05, 3.63) is 78.4 Å². The molecule has 0 aliphatic rings. The van der Waals surface area contributed by atoms with Gasteiger partial charge in [0.05, 0.1) is 17.9 Å². The minimum Gasteiger partial charge on any atom is -0.397 e. The molecule has 1 N–H and O–H groups in total. The van der Waals surface area contributed by atoms with Crippen molar-refractivity contribution in [1.29, 1.82) is 0 Å². The molecule has 6 nitrogen and oxygen atoms in total. The van der Waals surface area contributed by atoms with Gasteiger partial charge >= 0.3 is 0 Å². The molecule has 0 bridgehead atoms. The van der Waals surface area contributed by atoms with Crippen molar-refractivity contribution in [1.82, 2.24) is 28.7 Å². The summed E-state index contributed by atoms with van der Waals surface area (Å²) in [6, 6.07) is 12.0. The molecule has 0 aliphatic carbocycles. The van der Waals surface area contributed by atoms with Crippen LogP contribution in [0.25, 0.3) is 0 Å². The number of nitrogens with one attached hydrogen (secondary N) is 1. The average Bonchev–Trinajstić information content (AvgIpc) is 3.14. The maximum Gasteiger partial charge on any atom is 0.256 e. The first-order valence-electron chi connectivity index (χ1n) is 8.29. The summed E-state index contributed by atoms with van der Waals surface area (Å²) in [4.78, 5) is 18.7. The Labute approximate surface area is 156 Å². The van der Waals surface area contributed by atoms with E-state index < -0.39 is 0 Å². The highest BCUT2D eigenvalue weighted by Crippen LogP contribution is 2.06. The van der Waals surface area contributed by atoms with Gasteiger partial charge in [0.25, 0.3) is 16.5 Å². The van der Waals surface area contributed by atoms with E-state index in [1.165, 1.54) is 0 Å². The average molecular weight is 348 g/mol. The lowest BCUT2D eigenvalue weighted by molar-refractivity contribution is 0.227. The van der Waals surface area contributed by atoms with E-state index in [0.717, 1.165) is 49.9 Å². The van der Waals surface area contributed by atoms with Crippen LogP contribution in [0.3, 0.4) is 0 Å². The fraction of sp³-hybridized carbons (Fsp3) is 0.278. The lowest BCUT2D eigenvalue weighted by atomic mass is 10.3. The van der Waals surface area contributed by atoms with Crippen LogP contribution in [-0.4, -0.2) is 58.3 Å². The normalized spacial score (nSPS) is 11.3. The number of rotatable bonds is 9. The van der Waals surface area contributed by atoms with Gasteiger partial charge in [-0.1, -0.05) is 12.1 Å². The summed E-state index contributed by atoms with van der Waals surface area (Å²) in [7, 11) is 0. The van der Waals surface area contributed by atoms with Gasteiger partial charge in [-0.25, -0.2) is 4.98 Å². The standard InChI is InChI=1S/C18H21N6.Al/c1-3-7-20-16(5-1)13-19-11-12-24(15-18-22-9-10-23-18)14-17-6-2-4-8-21-17;/h1-10H,11-15H2,(H,22,23);/q-1;+1. The Morgan fingerprint density at radius 1 is 0.800 bits per heavy atom. The number of hydrogen-bond donors (Lipinski definition) is 1. The third-order valence-corrected chi connectivity index (χ3v) is 4.28. The van der Waals surface area contributed by atoms with Crippen molar-refractivity contribution in [3.63, 3.8) is 0 Å². The van der Waals surface area contributed by atoms with Crippen LogP contribution in [-0.2, 0) is 19.6 Å². The lowest BCUT2D eigenvalue weighted by Gasteiger charge is -2.25. The van der Waals surface area contributed by atoms with E-state index >= 15 is 0 Å². The minimum absolute atomic E-state index is 0.770. The van der Waals surface area contributed by atoms with Crippen molar-refractivity contribution in [2.24, 2.45) is 0 Å². The first kappa shape index (κ1) is 17.8. The second kappa shape index (κ2) is 9.45. The number of H-pyrrole nitrogens is 1. The molecule has 0 amide bonds. The van der Waals surface area contributed by atoms with Crippen LogP contribution in [0.5, 0.6) is 0 Å². The van der Waals surface area contributed by atoms with Crippen LogP contribution in [0.1, 0.15) is 17.2 Å². The second-order valence-corrected chi connectivity index (χ2v) is 6.59. The van der Waals surface area contributed by atoms with Gasteiger partial charge in [0, 0.05) is 44.4 Å². The van der Waals surface area contributed by atoms with Crippen molar-refractivity contribution in [2.75, 3.05) is 13.1 Å². The third kappa shape index (κ3) is 6.07. The van der Waals surface area contributed by atoms with Gasteiger partial charge in [-0.15, -0.1) is 0 Å². The third-order valence-electron chi connectivity index (χ3n) is 3.83. The highest BCUT2D eigenvalue weighted by atomic mass is 27.1. The SMILES string of the molecule is [Al][N](CCN(Cc1ccccn1)Cc1ncc[nH]1)Cc1ccccn1. The number of aromatic amines is 1. The fourth-order valence-corrected chi connectivity index (χ4v) is 2.88. The number of aromatic nitrogens is 4. The molecule has 0 saturated heterocycles. The fourth-order valence-electron chi connectivity index (χ4n) is 2.58. The Morgan fingerprint density at radius 3 is 2.12 bits per heavy atom. The van der Waals surface area contributed by atoms with Gasteiger partial charge in [0.2, 0.25) is 0 Å². The van der Waals surface area contributed by atoms with E-state index in [1.807, 2.05) is 48.9 Å². The molecule has 0 aromatic carbocycles. The molecule has 0 aliphatic heterocycles. The predicted octanol–water partition coefficient (Wildman–Crippen LogP) is 1.79. The molecule has 3 heterocycles. The van der Waals surface area contributed by atoms with E-state index in [2.05, 4.69) is 51.3 Å². The van der Waals surface area contributed by atoms with Gasteiger partial charge in [0.15, 0.2) is 0 Å². The van der Waals surface area contributed by atoms with E-state index in [4.69, 9.17) is 0 Å². The zero-order chi connectivity index (χ0) is 17.3. The molecule has 126 valence electrons. The summed E-state index contributed by atoms with van der Waals surface area (Å²) >= 11 is 2.80. The van der Waals surface area contributed by atoms with Crippen molar-refractivity contribution >= 4 is 16.5 Å². The summed E-state index contributed by atoms with van der Waals surface area (Å²) in [5.74, 6) is 0.968. The van der Waals surface area contributed by atoms with Crippen LogP contribution in [0.15, 0.2) is 61.2 Å². The quantitative estimate of drug-likeness (QED) is 0.598. The molecular formula is C18H21AlN6. The van der Waals surface area contributed by atoms with Gasteiger partial charge < -0.3 is 8.87 Å². The van der Waals surface area contributed by atoms with Crippen LogP contribution >= 0.6 is 0 Å². The summed E-state index contributed by atoms with van der Waals surface area (Å²) in [5, 5.41) is 0. The first-order chi connectivity index (χ1) is 12.3. The van der Waals surface area contributed by atoms with Crippen LogP contribution in [0.4, 0.5) is 0 Å². The topological polar surface area (TPSA) is 60.9 Å². The lowest BCUT2D eigenvalue weighted by Crippen LogP contribution is -2.33. The molecule has 0 atom stereocenters. The Balaban J connectivity index is 1.56. The molecule has 7 heteroatoms. The zero-order valence-corrected chi connectivity index (χ0v) is 15.3. The Morgan fingerprint density at radius 2 is 1.52 bits per heavy atom. The Hall–Kier alpha value is -2.04. The summed E-state index contributed by atoms with van der Waals surface area (Å²) < 4.78 is 2.20. The number of pyridine rings is 2. The molecule has 0 saturated carbocycles. The molecular weight excluding hydrogens is 327 g/mol. The minimum atomic E-state index is 0.770. The molecule has 3 rings (SSSR count). The largest absolute Gasteiger partial charge is 0.397 e. The molecule has 25 heavy (non-hydrogen) atoms. The van der Waals surface area contributed by atoms with E-state index in [1.54, 1.807) is 6.20 Å². The molecule has 3 aromatic heterocycles. The van der Waals surface area contributed by atoms with E-state index in [9.17, 15) is 0 Å². The molecule has 2 radical (unpaired) electrons. The Bertz CT molecular complexity index is 720. The number of imidazole rings is 1. The Kier molecular flexibility index (Phi) is 6.72. The van der Waals surface area contributed by atoms with Crippen LogP contribution < -0.4 is 0 Å². The van der Waals surface area contributed by atoms with Gasteiger partial charge in [-0.2, -0.15) is 0 Å². The first-order valence-corrected chi connectivity index (χ1v) is 8.81. The van der Waals surface area contributed by atoms with Crippen molar-refractivity contribution < 1.29 is 0 Å². The highest BCUT2D eigenvalue weighted by molar-refractivity contribution is 6.04. The summed E-state index contributed by atoms with van der Waals surface area (Å²) in [6.07, 6.45) is 7.32. The van der Waals surface area contributed by atoms with Gasteiger partial charge in [0.1, 0.15) is 5.82 Å². The van der Waals surface area contributed by atoms with Crippen molar-refractivity contribution in [3.8, 4) is 0 Å². The number of nitrogens with zero attached hydrogens (tertiary/aromatic N) is 5. The number of hydrogen-bond acceptors (Lipinski definition) is 5. The molecule has 0 unspecified atom stereocenters. The molecule has 0 fully saturated rings. The second-order valence-electron chi connectivity index (χ2n) is 5.86. The molecule has 0 spiro atoms. The monoisotopic (exact) mass is 348 g/mol. The maximum absolute atomic E-state index is 4.44. The zero-order valence-electron chi connectivity index (χ0n) is 14.1. The van der Waals surface area contributed by atoms with E-state index in [-0.39, 0.29) is 0 Å². The van der Waals surface area contributed by atoms with E-state index in [0.29, 0.717) is 0 Å². The van der Waals surface area contributed by atoms with Crippen LogP contribution in [0, 0.1) is 0 Å². The van der Waals surface area contributed by atoms with Gasteiger partial charge in [-0.3, -0.25) is 14.9 Å². The maximum atomic E-state index is 4.44. The predicted molar refractivity (Wildman–Crippen MR) is 97.3 cm³/mol. The van der Waals surface area contributed by atoms with Crippen LogP contribution in [0.2, 0.25) is 0 Å². The summed E-state index contributed by atoms with van der Waals surface area (Å²) in [5.41, 5.74) is 2.13.